The van der Waals surface area contributed by atoms with Crippen LogP contribution in [0.2, 0.25) is 0 Å². The first kappa shape index (κ1) is 16.2. The largest absolute Gasteiger partial charge is 0.433 e. The Labute approximate surface area is 141 Å². The van der Waals surface area contributed by atoms with Crippen LogP contribution in [-0.2, 0) is 10.9 Å². The molecule has 1 saturated heterocycles. The lowest BCUT2D eigenvalue weighted by atomic mass is 10.0. The Bertz CT molecular complexity index is 747. The van der Waals surface area contributed by atoms with Crippen LogP contribution in [-0.4, -0.2) is 33.3 Å². The van der Waals surface area contributed by atoms with Gasteiger partial charge in [0.15, 0.2) is 5.82 Å². The van der Waals surface area contributed by atoms with E-state index < -0.39 is 11.9 Å². The lowest BCUT2D eigenvalue weighted by molar-refractivity contribution is -0.141. The Morgan fingerprint density at radius 2 is 2.04 bits per heavy atom. The van der Waals surface area contributed by atoms with E-state index in [1.165, 1.54) is 0 Å². The van der Waals surface area contributed by atoms with Gasteiger partial charge in [0.05, 0.1) is 0 Å². The zero-order valence-corrected chi connectivity index (χ0v) is 13.2. The molecule has 10 heteroatoms. The Balaban J connectivity index is 1.41. The summed E-state index contributed by atoms with van der Waals surface area (Å²) in [5.74, 6) is 1.44. The second kappa shape index (κ2) is 6.25. The first-order chi connectivity index (χ1) is 12.0. The number of hydrogen-bond donors (Lipinski definition) is 1. The van der Waals surface area contributed by atoms with E-state index in [1.807, 2.05) is 0 Å². The minimum absolute atomic E-state index is 0.00866. The molecule has 2 atom stereocenters. The third-order valence-electron chi connectivity index (χ3n) is 4.33. The number of aromatic nitrogens is 4. The zero-order chi connectivity index (χ0) is 17.4. The summed E-state index contributed by atoms with van der Waals surface area (Å²) in [6, 6.07) is 0.838. The summed E-state index contributed by atoms with van der Waals surface area (Å²) in [5, 5.41) is 6.83. The third kappa shape index (κ3) is 3.58. The molecule has 0 bridgehead atoms. The molecule has 0 aromatic carbocycles. The van der Waals surface area contributed by atoms with E-state index in [2.05, 4.69) is 25.4 Å². The first-order valence-electron chi connectivity index (χ1n) is 8.10. The minimum Gasteiger partial charge on any atom is -0.368 e. The SMILES string of the molecule is FC(F)(F)c1ccnc(NC[C@@H]2CCO[C@@H]2c2nc(C3CC3)no2)n1. The van der Waals surface area contributed by atoms with E-state index in [0.717, 1.165) is 31.5 Å². The average molecular weight is 355 g/mol. The number of rotatable bonds is 5. The second-order valence-corrected chi connectivity index (χ2v) is 6.25. The summed E-state index contributed by atoms with van der Waals surface area (Å²) < 4.78 is 49.1. The molecule has 1 aliphatic carbocycles. The van der Waals surface area contributed by atoms with E-state index >= 15 is 0 Å². The second-order valence-electron chi connectivity index (χ2n) is 6.25. The number of halogens is 3. The molecular weight excluding hydrogens is 339 g/mol. The topological polar surface area (TPSA) is 86.0 Å². The van der Waals surface area contributed by atoms with Gasteiger partial charge in [-0.2, -0.15) is 18.2 Å². The number of nitrogens with zero attached hydrogens (tertiary/aromatic N) is 4. The highest BCUT2D eigenvalue weighted by Crippen LogP contribution is 2.40. The molecule has 2 aromatic rings. The van der Waals surface area contributed by atoms with Crippen LogP contribution in [0, 0.1) is 5.92 Å². The van der Waals surface area contributed by atoms with Gasteiger partial charge in [-0.05, 0) is 25.3 Å². The van der Waals surface area contributed by atoms with E-state index in [9.17, 15) is 13.2 Å². The monoisotopic (exact) mass is 355 g/mol. The molecular formula is C15H16F3N5O2. The van der Waals surface area contributed by atoms with Gasteiger partial charge >= 0.3 is 6.18 Å². The zero-order valence-electron chi connectivity index (χ0n) is 13.2. The highest BCUT2D eigenvalue weighted by atomic mass is 19.4. The van der Waals surface area contributed by atoms with Crippen molar-refractivity contribution in [3.8, 4) is 0 Å². The fourth-order valence-corrected chi connectivity index (χ4v) is 2.81. The van der Waals surface area contributed by atoms with Crippen LogP contribution in [0.1, 0.15) is 48.7 Å². The van der Waals surface area contributed by atoms with Gasteiger partial charge in [-0.15, -0.1) is 0 Å². The Hall–Kier alpha value is -2.23. The van der Waals surface area contributed by atoms with Crippen LogP contribution in [0.3, 0.4) is 0 Å². The molecule has 4 rings (SSSR count). The van der Waals surface area contributed by atoms with E-state index in [-0.39, 0.29) is 18.0 Å². The standard InChI is InChI=1S/C15H16F3N5O2/c16-15(17,18)10-3-5-19-14(21-10)20-7-9-4-6-24-11(9)13-22-12(23-25-13)8-1-2-8/h3,5,8-9,11H,1-2,4,6-7H2,(H,19,20,21)/t9-,11-/m0/s1. The highest BCUT2D eigenvalue weighted by molar-refractivity contribution is 5.26. The van der Waals surface area contributed by atoms with Crippen molar-refractivity contribution < 1.29 is 22.4 Å². The summed E-state index contributed by atoms with van der Waals surface area (Å²) in [6.07, 6.45) is -0.900. The van der Waals surface area contributed by atoms with Crippen molar-refractivity contribution in [1.82, 2.24) is 20.1 Å². The number of nitrogens with one attached hydrogen (secondary N) is 1. The van der Waals surface area contributed by atoms with Gasteiger partial charge < -0.3 is 14.6 Å². The molecule has 25 heavy (non-hydrogen) atoms. The van der Waals surface area contributed by atoms with E-state index in [0.29, 0.717) is 30.8 Å². The molecule has 3 heterocycles. The maximum atomic E-state index is 12.7. The fraction of sp³-hybridized carbons (Fsp3) is 0.600. The maximum absolute atomic E-state index is 12.7. The number of alkyl halides is 3. The Kier molecular flexibility index (Phi) is 4.06. The van der Waals surface area contributed by atoms with Crippen molar-refractivity contribution in [1.29, 1.82) is 0 Å². The maximum Gasteiger partial charge on any atom is 0.433 e. The van der Waals surface area contributed by atoms with Gasteiger partial charge in [-0.1, -0.05) is 5.16 Å². The Morgan fingerprint density at radius 3 is 2.80 bits per heavy atom. The van der Waals surface area contributed by atoms with Crippen LogP contribution in [0.4, 0.5) is 19.1 Å². The molecule has 134 valence electrons. The summed E-state index contributed by atoms with van der Waals surface area (Å²) >= 11 is 0. The summed E-state index contributed by atoms with van der Waals surface area (Å²) in [7, 11) is 0. The quantitative estimate of drug-likeness (QED) is 0.882. The molecule has 0 spiro atoms. The molecule has 7 nitrogen and oxygen atoms in total. The molecule has 0 unspecified atom stereocenters. The van der Waals surface area contributed by atoms with Crippen molar-refractivity contribution in [3.63, 3.8) is 0 Å². The van der Waals surface area contributed by atoms with Crippen LogP contribution in [0.15, 0.2) is 16.8 Å². The first-order valence-corrected chi connectivity index (χ1v) is 8.10. The number of ether oxygens (including phenoxy) is 1. The predicted molar refractivity (Wildman–Crippen MR) is 78.6 cm³/mol. The summed E-state index contributed by atoms with van der Waals surface area (Å²) in [5.41, 5.74) is -0.977. The molecule has 1 N–H and O–H groups in total. The summed E-state index contributed by atoms with van der Waals surface area (Å²) in [6.45, 7) is 0.884. The molecule has 0 amide bonds. The van der Waals surface area contributed by atoms with Gasteiger partial charge in [-0.3, -0.25) is 0 Å². The fourth-order valence-electron chi connectivity index (χ4n) is 2.81. The molecule has 2 aliphatic rings. The Morgan fingerprint density at radius 1 is 1.20 bits per heavy atom. The molecule has 0 radical (unpaired) electrons. The average Bonchev–Trinajstić information content (AvgIpc) is 3.14. The van der Waals surface area contributed by atoms with Crippen LogP contribution >= 0.6 is 0 Å². The van der Waals surface area contributed by atoms with Crippen molar-refractivity contribution in [3.05, 3.63) is 29.7 Å². The van der Waals surface area contributed by atoms with Crippen molar-refractivity contribution in [2.45, 2.75) is 37.5 Å². The van der Waals surface area contributed by atoms with Crippen LogP contribution < -0.4 is 5.32 Å². The van der Waals surface area contributed by atoms with Crippen molar-refractivity contribution in [2.24, 2.45) is 5.92 Å². The lowest BCUT2D eigenvalue weighted by Gasteiger charge is -2.16. The van der Waals surface area contributed by atoms with Gasteiger partial charge in [0.25, 0.3) is 5.89 Å². The predicted octanol–water partition coefficient (Wildman–Crippen LogP) is 2.95. The third-order valence-corrected chi connectivity index (χ3v) is 4.33. The normalized spacial score (nSPS) is 23.8. The van der Waals surface area contributed by atoms with Gasteiger partial charge in [0, 0.05) is 31.2 Å². The van der Waals surface area contributed by atoms with Gasteiger partial charge in [0.2, 0.25) is 5.95 Å². The minimum atomic E-state index is -4.50. The molecule has 1 saturated carbocycles. The van der Waals surface area contributed by atoms with Gasteiger partial charge in [0.1, 0.15) is 11.8 Å². The molecule has 2 fully saturated rings. The van der Waals surface area contributed by atoms with E-state index in [1.54, 1.807) is 0 Å². The van der Waals surface area contributed by atoms with Crippen molar-refractivity contribution >= 4 is 5.95 Å². The lowest BCUT2D eigenvalue weighted by Crippen LogP contribution is -2.20. The van der Waals surface area contributed by atoms with Gasteiger partial charge in [-0.25, -0.2) is 9.97 Å². The smallest absolute Gasteiger partial charge is 0.368 e. The summed E-state index contributed by atoms with van der Waals surface area (Å²) in [4.78, 5) is 11.7. The van der Waals surface area contributed by atoms with E-state index in [4.69, 9.17) is 9.26 Å². The number of hydrogen-bond acceptors (Lipinski definition) is 7. The number of anilines is 1. The van der Waals surface area contributed by atoms with Crippen LogP contribution in [0.25, 0.3) is 0 Å². The molecule has 1 aliphatic heterocycles. The van der Waals surface area contributed by atoms with Crippen molar-refractivity contribution in [2.75, 3.05) is 18.5 Å². The molecule has 2 aromatic heterocycles. The highest BCUT2D eigenvalue weighted by Gasteiger charge is 2.37. The van der Waals surface area contributed by atoms with Crippen LogP contribution in [0.5, 0.6) is 0 Å².